The van der Waals surface area contributed by atoms with E-state index < -0.39 is 53.4 Å². The number of nitrogens with zero attached hydrogens (tertiary/aromatic N) is 8. The zero-order chi connectivity index (χ0) is 94.7. The normalized spacial score (nSPS) is 17.4. The standard InChI is InChI=1S/C30H30F2N4O2.C24H28FN5O4.C23H26FN5O3.C22H25FN4O2/c1-18-25(33-23-11-6-14-36(30(38)26(18)23)16-15-35-12-2-3-13-35)17-21-27-19(7-5-10-24(27)34-29(21)37)20-8-4-9-22(31)28(20)32;1-13-18(26-17-5-4-6-30(8-7-29(2)3)24(34)22(13)17)10-15-14-9-16(25)20(27-21(32)12-31)11-19(14)28-23(15)33;1-13-18(26-17-5-4-6-29(8-7-28(2)3)23(32)20(13)17)11-16-15-9-14(24)10-19(25-12-30)21(15)27-22(16)31;1-13-19(12-16-15-11-14(23)6-7-17(15)25-21(16)28)24-18-5-4-8-27(10-9-26(2)3)22(29)20(13)18/h4-5,7-10,17,33H,2-3,6,11-16H2,1H3,(H,34,37);9-11,26,31H,4-8,12H2,1-3H3,(H,27,32)(H,28,33);9-12,26H,4-8H2,1-3H3,(H,25,30)(H,27,31);6-7,11-12,24H,4-5,8-10H2,1-3H3,(H,25,28)/b21-17-;15-10-;16-11-;16-12-. The Morgan fingerprint density at radius 1 is 0.406 bits per heavy atom. The molecule has 0 bridgehead atoms. The number of rotatable bonds is 21. The number of aryl methyl sites for hydroxylation is 4. The molecule has 5 aromatic carbocycles. The van der Waals surface area contributed by atoms with Crippen LogP contribution in [0.25, 0.3) is 57.7 Å². The van der Waals surface area contributed by atoms with E-state index in [0.717, 1.165) is 167 Å². The van der Waals surface area contributed by atoms with Crippen LogP contribution in [0.2, 0.25) is 0 Å². The predicted octanol–water partition coefficient (Wildman–Crippen LogP) is 12.5. The number of halogens is 5. The maximum Gasteiger partial charge on any atom is 0.256 e. The molecule has 18 rings (SSSR count). The monoisotopic (exact) mass is 1820 g/mol. The van der Waals surface area contributed by atoms with Gasteiger partial charge < -0.3 is 96.1 Å². The van der Waals surface area contributed by atoms with E-state index >= 15 is 0 Å². The summed E-state index contributed by atoms with van der Waals surface area (Å²) in [6.07, 6.45) is 16.0. The molecule has 0 aliphatic carbocycles. The molecule has 133 heavy (non-hydrogen) atoms. The minimum Gasteiger partial charge on any atom is -0.387 e. The van der Waals surface area contributed by atoms with E-state index in [9.17, 15) is 69.9 Å². The number of anilines is 6. The molecule has 9 aromatic rings. The van der Waals surface area contributed by atoms with Gasteiger partial charge >= 0.3 is 0 Å². The summed E-state index contributed by atoms with van der Waals surface area (Å²) in [6.45, 7) is 17.7. The quantitative estimate of drug-likeness (QED) is 0.0181. The summed E-state index contributed by atoms with van der Waals surface area (Å²) in [7, 11) is 11.9. The molecule has 9 aliphatic heterocycles. The number of carbonyl (C=O) groups is 10. The molecule has 10 amide bonds. The van der Waals surface area contributed by atoms with Gasteiger partial charge in [0.15, 0.2) is 11.6 Å². The van der Waals surface area contributed by atoms with Gasteiger partial charge in [0.1, 0.15) is 24.1 Å². The van der Waals surface area contributed by atoms with E-state index in [1.54, 1.807) is 48.6 Å². The van der Waals surface area contributed by atoms with Gasteiger partial charge in [-0.15, -0.1) is 0 Å². The SMILES string of the molecule is Cc1c(/C=C2\C(=O)Nc3c(NC=O)cc(F)cc32)[nH]c2c1C(=O)N(CCN(C)C)CCC2.Cc1c(/C=C2\C(=O)Nc3cc(NC(=O)CO)c(F)cc32)[nH]c2c1C(=O)N(CCN(C)C)CCC2.Cc1c(/C=C2\C(=O)Nc3ccc(F)cc32)[nH]c2c1C(=O)N(CCN(C)C)CCC2.Cc1c(/C=C2\C(=O)Nc3cccc(-c4cccc(F)c4F)c32)[nH]c2c1C(=O)N(CCN1CCCC1)CCC2. The Labute approximate surface area is 766 Å². The van der Waals surface area contributed by atoms with Gasteiger partial charge in [-0.3, -0.25) is 47.9 Å². The molecular formula is C99H109F5N18O11. The van der Waals surface area contributed by atoms with Crippen LogP contribution in [0.15, 0.2) is 78.9 Å². The van der Waals surface area contributed by atoms with Gasteiger partial charge in [0.05, 0.1) is 67.3 Å². The molecule has 0 atom stereocenters. The number of likely N-dealkylation sites (N-methyl/N-ethyl adjacent to an activating group) is 3. The molecule has 34 heteroatoms. The Bertz CT molecular complexity index is 6320. The van der Waals surface area contributed by atoms with Crippen LogP contribution in [0.5, 0.6) is 0 Å². The fourth-order valence-electron chi connectivity index (χ4n) is 18.5. The van der Waals surface area contributed by atoms with Crippen molar-refractivity contribution >= 4 is 140 Å². The number of hydrogen-bond donors (Lipinski definition) is 11. The smallest absolute Gasteiger partial charge is 0.256 e. The number of aliphatic hydroxyl groups excluding tert-OH is 1. The molecule has 0 unspecified atom stereocenters. The fourth-order valence-corrected chi connectivity index (χ4v) is 18.5. The number of hydrogen-bond acceptors (Lipinski definition) is 15. The summed E-state index contributed by atoms with van der Waals surface area (Å²) < 4.78 is 71.2. The Balaban J connectivity index is 0.000000136. The summed E-state index contributed by atoms with van der Waals surface area (Å²) in [4.78, 5) is 156. The van der Waals surface area contributed by atoms with Crippen molar-refractivity contribution in [3.8, 4) is 11.1 Å². The molecule has 4 aromatic heterocycles. The Morgan fingerprint density at radius 3 is 1.29 bits per heavy atom. The lowest BCUT2D eigenvalue weighted by Gasteiger charge is -2.24. The van der Waals surface area contributed by atoms with Crippen LogP contribution in [0.3, 0.4) is 0 Å². The van der Waals surface area contributed by atoms with Crippen LogP contribution in [0, 0.1) is 56.8 Å². The molecule has 13 heterocycles. The summed E-state index contributed by atoms with van der Waals surface area (Å²) in [5.74, 6) is -5.75. The third-order valence-corrected chi connectivity index (χ3v) is 25.6. The highest BCUT2D eigenvalue weighted by Gasteiger charge is 2.38. The predicted molar refractivity (Wildman–Crippen MR) is 503 cm³/mol. The van der Waals surface area contributed by atoms with E-state index in [-0.39, 0.29) is 63.5 Å². The third-order valence-electron chi connectivity index (χ3n) is 25.6. The molecule has 9 aliphatic rings. The second-order valence-corrected chi connectivity index (χ2v) is 35.4. The first-order valence-corrected chi connectivity index (χ1v) is 44.7. The van der Waals surface area contributed by atoms with Crippen LogP contribution in [-0.2, 0) is 54.5 Å². The zero-order valence-corrected chi connectivity index (χ0v) is 76.1. The number of H-pyrrole nitrogens is 4. The molecule has 29 nitrogen and oxygen atoms in total. The molecule has 696 valence electrons. The first-order valence-electron chi connectivity index (χ1n) is 44.7. The topological polar surface area (TPSA) is 352 Å². The van der Waals surface area contributed by atoms with Crippen molar-refractivity contribution in [3.05, 3.63) is 220 Å². The Kier molecular flexibility index (Phi) is 28.4. The molecular weight excluding hydrogens is 1710 g/mol. The maximum absolute atomic E-state index is 14.8. The van der Waals surface area contributed by atoms with Crippen LogP contribution in [0.1, 0.15) is 170 Å². The zero-order valence-electron chi connectivity index (χ0n) is 76.1. The van der Waals surface area contributed by atoms with Gasteiger partial charge in [-0.1, -0.05) is 24.3 Å². The second-order valence-electron chi connectivity index (χ2n) is 35.4. The molecule has 0 spiro atoms. The van der Waals surface area contributed by atoms with Gasteiger partial charge in [0.25, 0.3) is 47.3 Å². The van der Waals surface area contributed by atoms with Crippen molar-refractivity contribution in [2.75, 3.05) is 172 Å². The van der Waals surface area contributed by atoms with Crippen LogP contribution < -0.4 is 31.9 Å². The number of aromatic amines is 4. The average molecular weight is 1820 g/mol. The highest BCUT2D eigenvalue weighted by Crippen LogP contribution is 2.45. The number of nitrogens with one attached hydrogen (secondary N) is 10. The number of aliphatic hydroxyl groups is 1. The highest BCUT2D eigenvalue weighted by molar-refractivity contribution is 6.38. The van der Waals surface area contributed by atoms with Crippen molar-refractivity contribution in [1.82, 2.24) is 59.1 Å². The largest absolute Gasteiger partial charge is 0.387 e. The number of likely N-dealkylation sites (tertiary alicyclic amines) is 1. The van der Waals surface area contributed by atoms with Gasteiger partial charge in [-0.05, 0) is 254 Å². The van der Waals surface area contributed by atoms with E-state index in [2.05, 4.69) is 61.6 Å². The molecule has 0 saturated carbocycles. The van der Waals surface area contributed by atoms with E-state index in [0.29, 0.717) is 147 Å². The lowest BCUT2D eigenvalue weighted by atomic mass is 9.93. The van der Waals surface area contributed by atoms with Crippen molar-refractivity contribution < 1.29 is 75.0 Å². The van der Waals surface area contributed by atoms with Gasteiger partial charge in [-0.2, -0.15) is 0 Å². The highest BCUT2D eigenvalue weighted by atomic mass is 19.2. The first kappa shape index (κ1) is 94.0. The molecule has 1 fully saturated rings. The third kappa shape index (κ3) is 19.9. The summed E-state index contributed by atoms with van der Waals surface area (Å²) in [5, 5.41) is 24.5. The lowest BCUT2D eigenvalue weighted by molar-refractivity contribution is -0.119. The van der Waals surface area contributed by atoms with Crippen molar-refractivity contribution in [2.45, 2.75) is 91.9 Å². The lowest BCUT2D eigenvalue weighted by Crippen LogP contribution is -2.38. The number of fused-ring (bicyclic) bond motifs is 8. The van der Waals surface area contributed by atoms with Crippen molar-refractivity contribution in [3.63, 3.8) is 0 Å². The van der Waals surface area contributed by atoms with Crippen LogP contribution >= 0.6 is 0 Å². The Morgan fingerprint density at radius 2 is 0.820 bits per heavy atom. The number of aromatic nitrogens is 4. The number of benzene rings is 5. The number of carbonyl (C=O) groups excluding carboxylic acids is 10. The van der Waals surface area contributed by atoms with E-state index in [1.165, 1.54) is 55.3 Å². The van der Waals surface area contributed by atoms with Crippen molar-refractivity contribution in [1.29, 1.82) is 0 Å². The van der Waals surface area contributed by atoms with Gasteiger partial charge in [0, 0.05) is 163 Å². The van der Waals surface area contributed by atoms with Gasteiger partial charge in [-0.25, -0.2) is 22.0 Å². The molecule has 1 saturated heterocycles. The summed E-state index contributed by atoms with van der Waals surface area (Å²) in [6, 6.07) is 18.3. The van der Waals surface area contributed by atoms with E-state index in [1.807, 2.05) is 99.4 Å². The van der Waals surface area contributed by atoms with Crippen molar-refractivity contribution in [2.24, 2.45) is 0 Å². The molecule has 0 radical (unpaired) electrons. The van der Waals surface area contributed by atoms with Crippen LogP contribution in [-0.4, -0.2) is 264 Å². The first-order chi connectivity index (χ1) is 63.7. The van der Waals surface area contributed by atoms with Gasteiger partial charge in [0.2, 0.25) is 12.3 Å². The average Bonchev–Trinajstić information content (AvgIpc) is 1.61. The minimum absolute atomic E-state index is 0.0162. The fraction of sp³-hybridized carbons (Fsp3) is 0.354. The Hall–Kier alpha value is -13.7. The summed E-state index contributed by atoms with van der Waals surface area (Å²) in [5.41, 5.74) is 17.4. The minimum atomic E-state index is -0.956. The van der Waals surface area contributed by atoms with Crippen LogP contribution in [0.4, 0.5) is 56.1 Å². The maximum atomic E-state index is 14.8. The second kappa shape index (κ2) is 40.2. The number of amides is 10. The van der Waals surface area contributed by atoms with E-state index in [4.69, 9.17) is 5.11 Å². The molecule has 11 N–H and O–H groups in total. The summed E-state index contributed by atoms with van der Waals surface area (Å²) >= 11 is 0.